The van der Waals surface area contributed by atoms with Gasteiger partial charge < -0.3 is 11.1 Å². The zero-order valence-electron chi connectivity index (χ0n) is 11.1. The second-order valence-electron chi connectivity index (χ2n) is 4.70. The average molecular weight is 252 g/mol. The highest BCUT2D eigenvalue weighted by atomic mass is 19.1. The molecule has 0 saturated carbocycles. The summed E-state index contributed by atoms with van der Waals surface area (Å²) in [5.41, 5.74) is 6.58. The van der Waals surface area contributed by atoms with Crippen LogP contribution >= 0.6 is 0 Å². The van der Waals surface area contributed by atoms with E-state index in [4.69, 9.17) is 5.73 Å². The van der Waals surface area contributed by atoms with E-state index in [1.54, 1.807) is 12.1 Å². The molecule has 3 unspecified atom stereocenters. The van der Waals surface area contributed by atoms with Crippen molar-refractivity contribution in [1.29, 1.82) is 0 Å². The molecule has 0 aliphatic carbocycles. The number of rotatable bonds is 5. The molecule has 0 fully saturated rings. The van der Waals surface area contributed by atoms with Gasteiger partial charge in [-0.15, -0.1) is 0 Å². The van der Waals surface area contributed by atoms with E-state index in [2.05, 4.69) is 5.32 Å². The Morgan fingerprint density at radius 2 is 2.11 bits per heavy atom. The maximum Gasteiger partial charge on any atom is 0.237 e. The van der Waals surface area contributed by atoms with E-state index in [1.165, 1.54) is 12.1 Å². The number of halogens is 1. The zero-order chi connectivity index (χ0) is 13.7. The summed E-state index contributed by atoms with van der Waals surface area (Å²) in [6.45, 7) is 5.75. The summed E-state index contributed by atoms with van der Waals surface area (Å²) < 4.78 is 13.1. The Morgan fingerprint density at radius 1 is 1.44 bits per heavy atom. The van der Waals surface area contributed by atoms with Crippen LogP contribution in [0.2, 0.25) is 0 Å². The van der Waals surface area contributed by atoms with Gasteiger partial charge in [-0.2, -0.15) is 0 Å². The molecule has 3 nitrogen and oxygen atoms in total. The third kappa shape index (κ3) is 3.81. The molecular weight excluding hydrogens is 231 g/mol. The molecule has 0 radical (unpaired) electrons. The van der Waals surface area contributed by atoms with Crippen molar-refractivity contribution in [2.24, 2.45) is 11.7 Å². The van der Waals surface area contributed by atoms with Crippen LogP contribution in [-0.4, -0.2) is 11.9 Å². The third-order valence-corrected chi connectivity index (χ3v) is 3.27. The third-order valence-electron chi connectivity index (χ3n) is 3.27. The Morgan fingerprint density at radius 3 is 2.67 bits per heavy atom. The molecule has 100 valence electrons. The lowest BCUT2D eigenvalue weighted by Gasteiger charge is -2.21. The number of hydrogen-bond donors (Lipinski definition) is 2. The monoisotopic (exact) mass is 252 g/mol. The summed E-state index contributed by atoms with van der Waals surface area (Å²) in [7, 11) is 0. The molecule has 0 heterocycles. The maximum absolute atomic E-state index is 13.1. The summed E-state index contributed by atoms with van der Waals surface area (Å²) in [5, 5.41) is 2.81. The lowest BCUT2D eigenvalue weighted by Crippen LogP contribution is -2.45. The van der Waals surface area contributed by atoms with E-state index in [1.807, 2.05) is 20.8 Å². The van der Waals surface area contributed by atoms with Crippen molar-refractivity contribution in [2.75, 3.05) is 0 Å². The fourth-order valence-corrected chi connectivity index (χ4v) is 1.68. The summed E-state index contributed by atoms with van der Waals surface area (Å²) in [6.07, 6.45) is 0.850. The molecule has 0 aliphatic rings. The number of benzene rings is 1. The van der Waals surface area contributed by atoms with Gasteiger partial charge in [-0.1, -0.05) is 32.4 Å². The molecule has 0 saturated heterocycles. The lowest BCUT2D eigenvalue weighted by molar-refractivity contribution is -0.124. The van der Waals surface area contributed by atoms with Gasteiger partial charge in [0.2, 0.25) is 5.91 Å². The van der Waals surface area contributed by atoms with Crippen molar-refractivity contribution in [3.05, 3.63) is 35.6 Å². The number of carbonyl (C=O) groups is 1. The SMILES string of the molecule is CCC(C)C(N)C(=O)NC(C)c1cccc(F)c1. The van der Waals surface area contributed by atoms with Crippen LogP contribution in [0.25, 0.3) is 0 Å². The second-order valence-corrected chi connectivity index (χ2v) is 4.70. The van der Waals surface area contributed by atoms with Crippen LogP contribution in [0, 0.1) is 11.7 Å². The normalized spacial score (nSPS) is 15.8. The van der Waals surface area contributed by atoms with E-state index >= 15 is 0 Å². The summed E-state index contributed by atoms with van der Waals surface area (Å²) in [5.74, 6) is -0.370. The van der Waals surface area contributed by atoms with Gasteiger partial charge in [-0.25, -0.2) is 4.39 Å². The van der Waals surface area contributed by atoms with Crippen LogP contribution in [-0.2, 0) is 4.79 Å². The van der Waals surface area contributed by atoms with Crippen molar-refractivity contribution >= 4 is 5.91 Å². The van der Waals surface area contributed by atoms with E-state index in [0.29, 0.717) is 0 Å². The molecule has 3 N–H and O–H groups in total. The van der Waals surface area contributed by atoms with E-state index < -0.39 is 6.04 Å². The molecule has 1 aromatic carbocycles. The minimum absolute atomic E-state index is 0.129. The van der Waals surface area contributed by atoms with Crippen molar-refractivity contribution in [3.63, 3.8) is 0 Å². The fourth-order valence-electron chi connectivity index (χ4n) is 1.68. The molecule has 1 amide bonds. The van der Waals surface area contributed by atoms with Crippen molar-refractivity contribution in [1.82, 2.24) is 5.32 Å². The Bertz CT molecular complexity index is 409. The van der Waals surface area contributed by atoms with Gasteiger partial charge in [-0.3, -0.25) is 4.79 Å². The first-order chi connectivity index (χ1) is 8.45. The molecule has 0 spiro atoms. The Hall–Kier alpha value is -1.42. The van der Waals surface area contributed by atoms with E-state index in [-0.39, 0.29) is 23.7 Å². The molecule has 1 aromatic rings. The molecule has 0 aliphatic heterocycles. The zero-order valence-corrected chi connectivity index (χ0v) is 11.1. The molecule has 18 heavy (non-hydrogen) atoms. The largest absolute Gasteiger partial charge is 0.348 e. The van der Waals surface area contributed by atoms with Crippen LogP contribution in [0.1, 0.15) is 38.8 Å². The summed E-state index contributed by atoms with van der Waals surface area (Å²) >= 11 is 0. The number of nitrogens with two attached hydrogens (primary N) is 1. The fraction of sp³-hybridized carbons (Fsp3) is 0.500. The summed E-state index contributed by atoms with van der Waals surface area (Å²) in [4.78, 5) is 11.9. The minimum Gasteiger partial charge on any atom is -0.348 e. The van der Waals surface area contributed by atoms with Crippen molar-refractivity contribution in [3.8, 4) is 0 Å². The van der Waals surface area contributed by atoms with Gasteiger partial charge in [0.05, 0.1) is 12.1 Å². The molecule has 0 aromatic heterocycles. The van der Waals surface area contributed by atoms with E-state index in [9.17, 15) is 9.18 Å². The first-order valence-corrected chi connectivity index (χ1v) is 6.27. The number of nitrogens with one attached hydrogen (secondary N) is 1. The van der Waals surface area contributed by atoms with E-state index in [0.717, 1.165) is 12.0 Å². The van der Waals surface area contributed by atoms with Gasteiger partial charge in [-0.05, 0) is 30.5 Å². The average Bonchev–Trinajstić information content (AvgIpc) is 2.36. The van der Waals surface area contributed by atoms with Crippen molar-refractivity contribution < 1.29 is 9.18 Å². The predicted molar refractivity (Wildman–Crippen MR) is 70.4 cm³/mol. The van der Waals surface area contributed by atoms with Gasteiger partial charge in [0, 0.05) is 0 Å². The quantitative estimate of drug-likeness (QED) is 0.845. The summed E-state index contributed by atoms with van der Waals surface area (Å²) in [6, 6.07) is 5.43. The van der Waals surface area contributed by atoms with Gasteiger partial charge in [0.15, 0.2) is 0 Å². The predicted octanol–water partition coefficient (Wildman–Crippen LogP) is 2.38. The van der Waals surface area contributed by atoms with Gasteiger partial charge >= 0.3 is 0 Å². The maximum atomic E-state index is 13.1. The first-order valence-electron chi connectivity index (χ1n) is 6.27. The highest BCUT2D eigenvalue weighted by molar-refractivity contribution is 5.82. The van der Waals surface area contributed by atoms with Crippen LogP contribution in [0.5, 0.6) is 0 Å². The topological polar surface area (TPSA) is 55.1 Å². The number of carbonyl (C=O) groups excluding carboxylic acids is 1. The lowest BCUT2D eigenvalue weighted by atomic mass is 9.98. The van der Waals surface area contributed by atoms with Crippen LogP contribution in [0.15, 0.2) is 24.3 Å². The van der Waals surface area contributed by atoms with Crippen molar-refractivity contribution in [2.45, 2.75) is 39.3 Å². The highest BCUT2D eigenvalue weighted by Crippen LogP contribution is 2.14. The van der Waals surface area contributed by atoms with Crippen LogP contribution < -0.4 is 11.1 Å². The highest BCUT2D eigenvalue weighted by Gasteiger charge is 2.21. The standard InChI is InChI=1S/C14H21FN2O/c1-4-9(2)13(16)14(18)17-10(3)11-6-5-7-12(15)8-11/h5-10,13H,4,16H2,1-3H3,(H,17,18). The molecule has 4 heteroatoms. The molecular formula is C14H21FN2O. The smallest absolute Gasteiger partial charge is 0.237 e. The van der Waals surface area contributed by atoms with Gasteiger partial charge in [0.25, 0.3) is 0 Å². The minimum atomic E-state index is -0.522. The number of hydrogen-bond acceptors (Lipinski definition) is 2. The molecule has 0 bridgehead atoms. The van der Waals surface area contributed by atoms with Crippen LogP contribution in [0.3, 0.4) is 0 Å². The Labute approximate surface area is 108 Å². The number of amides is 1. The molecule has 3 atom stereocenters. The Kier molecular flexibility index (Phi) is 5.28. The first kappa shape index (κ1) is 14.6. The van der Waals surface area contributed by atoms with Crippen LogP contribution in [0.4, 0.5) is 4.39 Å². The van der Waals surface area contributed by atoms with Gasteiger partial charge in [0.1, 0.15) is 5.82 Å². The Balaban J connectivity index is 2.65. The molecule has 1 rings (SSSR count). The second kappa shape index (κ2) is 6.50.